The Hall–Kier alpha value is -1.14. The quantitative estimate of drug-likeness (QED) is 0.769. The maximum atomic E-state index is 8.52. The van der Waals surface area contributed by atoms with Crippen LogP contribution in [0.3, 0.4) is 0 Å². The second-order valence-corrected chi connectivity index (χ2v) is 4.02. The molecule has 0 saturated heterocycles. The average molecular weight is 206 g/mol. The van der Waals surface area contributed by atoms with Crippen LogP contribution in [-0.4, -0.2) is 12.3 Å². The van der Waals surface area contributed by atoms with E-state index in [4.69, 9.17) is 5.26 Å². The summed E-state index contributed by atoms with van der Waals surface area (Å²) in [7, 11) is 0. The fourth-order valence-corrected chi connectivity index (χ4v) is 1.64. The maximum absolute atomic E-state index is 8.52. The zero-order chi connectivity index (χ0) is 10.4. The van der Waals surface area contributed by atoms with Gasteiger partial charge in [-0.15, -0.1) is 11.8 Å². The highest BCUT2D eigenvalue weighted by Crippen LogP contribution is 2.19. The summed E-state index contributed by atoms with van der Waals surface area (Å²) in [5, 5.41) is 11.8. The SMILES string of the molecule is CSc1cccc(NC(C)CC#N)c1. The first kappa shape index (κ1) is 10.9. The van der Waals surface area contributed by atoms with Crippen LogP contribution in [-0.2, 0) is 0 Å². The van der Waals surface area contributed by atoms with Crippen molar-refractivity contribution in [1.82, 2.24) is 0 Å². The first-order chi connectivity index (χ1) is 6.76. The minimum absolute atomic E-state index is 0.206. The van der Waals surface area contributed by atoms with Gasteiger partial charge in [0.25, 0.3) is 0 Å². The lowest BCUT2D eigenvalue weighted by molar-refractivity contribution is 0.820. The number of rotatable bonds is 4. The molecule has 0 saturated carbocycles. The lowest BCUT2D eigenvalue weighted by Crippen LogP contribution is -2.13. The molecular weight excluding hydrogens is 192 g/mol. The fourth-order valence-electron chi connectivity index (χ4n) is 1.19. The van der Waals surface area contributed by atoms with Gasteiger partial charge in [-0.3, -0.25) is 0 Å². The standard InChI is InChI=1S/C11H14N2S/c1-9(6-7-12)13-10-4-3-5-11(8-10)14-2/h3-5,8-9,13H,6H2,1-2H3. The Morgan fingerprint density at radius 2 is 2.36 bits per heavy atom. The van der Waals surface area contributed by atoms with Crippen LogP contribution in [0.4, 0.5) is 5.69 Å². The zero-order valence-corrected chi connectivity index (χ0v) is 9.27. The van der Waals surface area contributed by atoms with Crippen molar-refractivity contribution in [3.8, 4) is 6.07 Å². The second kappa shape index (κ2) is 5.56. The molecule has 74 valence electrons. The summed E-state index contributed by atoms with van der Waals surface area (Å²) in [4.78, 5) is 1.24. The highest BCUT2D eigenvalue weighted by Gasteiger charge is 2.00. The van der Waals surface area contributed by atoms with Crippen LogP contribution in [0, 0.1) is 11.3 Å². The Bertz CT molecular complexity index is 330. The van der Waals surface area contributed by atoms with Gasteiger partial charge in [-0.25, -0.2) is 0 Å². The molecule has 1 N–H and O–H groups in total. The fraction of sp³-hybridized carbons (Fsp3) is 0.364. The monoisotopic (exact) mass is 206 g/mol. The average Bonchev–Trinajstić information content (AvgIpc) is 2.18. The van der Waals surface area contributed by atoms with Crippen LogP contribution in [0.2, 0.25) is 0 Å². The molecule has 0 fully saturated rings. The van der Waals surface area contributed by atoms with E-state index < -0.39 is 0 Å². The topological polar surface area (TPSA) is 35.8 Å². The van der Waals surface area contributed by atoms with Crippen LogP contribution in [0.25, 0.3) is 0 Å². The van der Waals surface area contributed by atoms with Gasteiger partial charge in [0.1, 0.15) is 0 Å². The first-order valence-electron chi connectivity index (χ1n) is 4.54. The molecule has 1 aromatic carbocycles. The molecule has 3 heteroatoms. The molecule has 1 unspecified atom stereocenters. The Morgan fingerprint density at radius 3 is 3.00 bits per heavy atom. The molecule has 1 aromatic rings. The molecule has 0 bridgehead atoms. The second-order valence-electron chi connectivity index (χ2n) is 3.14. The molecule has 0 aliphatic carbocycles. The molecule has 0 radical (unpaired) electrons. The van der Waals surface area contributed by atoms with Crippen molar-refractivity contribution in [2.75, 3.05) is 11.6 Å². The summed E-state index contributed by atoms with van der Waals surface area (Å²) in [6.07, 6.45) is 2.58. The Kier molecular flexibility index (Phi) is 4.34. The van der Waals surface area contributed by atoms with Gasteiger partial charge < -0.3 is 5.32 Å². The van der Waals surface area contributed by atoms with Crippen molar-refractivity contribution < 1.29 is 0 Å². The summed E-state index contributed by atoms with van der Waals surface area (Å²) in [6, 6.07) is 10.6. The van der Waals surface area contributed by atoms with Gasteiger partial charge in [0.15, 0.2) is 0 Å². The van der Waals surface area contributed by atoms with Crippen LogP contribution < -0.4 is 5.32 Å². The van der Waals surface area contributed by atoms with Crippen molar-refractivity contribution in [3.05, 3.63) is 24.3 Å². The molecule has 0 aliphatic heterocycles. The van der Waals surface area contributed by atoms with Crippen LogP contribution in [0.5, 0.6) is 0 Å². The van der Waals surface area contributed by atoms with Crippen molar-refractivity contribution in [1.29, 1.82) is 5.26 Å². The van der Waals surface area contributed by atoms with E-state index in [1.54, 1.807) is 11.8 Å². The highest BCUT2D eigenvalue weighted by atomic mass is 32.2. The van der Waals surface area contributed by atoms with E-state index in [0.717, 1.165) is 5.69 Å². The third-order valence-electron chi connectivity index (χ3n) is 1.88. The van der Waals surface area contributed by atoms with Gasteiger partial charge in [-0.1, -0.05) is 6.07 Å². The minimum atomic E-state index is 0.206. The zero-order valence-electron chi connectivity index (χ0n) is 8.45. The molecule has 0 heterocycles. The molecule has 0 amide bonds. The number of anilines is 1. The molecule has 0 aromatic heterocycles. The number of nitrogens with zero attached hydrogens (tertiary/aromatic N) is 1. The van der Waals surface area contributed by atoms with Gasteiger partial charge in [0.05, 0.1) is 12.5 Å². The van der Waals surface area contributed by atoms with Crippen molar-refractivity contribution in [2.24, 2.45) is 0 Å². The molecule has 0 aliphatic rings. The third kappa shape index (κ3) is 3.31. The van der Waals surface area contributed by atoms with E-state index in [1.807, 2.05) is 19.1 Å². The highest BCUT2D eigenvalue weighted by molar-refractivity contribution is 7.98. The van der Waals surface area contributed by atoms with E-state index in [0.29, 0.717) is 6.42 Å². The largest absolute Gasteiger partial charge is 0.382 e. The summed E-state index contributed by atoms with van der Waals surface area (Å²) >= 11 is 1.72. The number of thioether (sulfide) groups is 1. The van der Waals surface area contributed by atoms with Gasteiger partial charge in [0.2, 0.25) is 0 Å². The van der Waals surface area contributed by atoms with Crippen LogP contribution >= 0.6 is 11.8 Å². The van der Waals surface area contributed by atoms with Gasteiger partial charge in [0, 0.05) is 16.6 Å². The van der Waals surface area contributed by atoms with Crippen molar-refractivity contribution >= 4 is 17.4 Å². The summed E-state index contributed by atoms with van der Waals surface area (Å²) in [6.45, 7) is 2.01. The number of nitrogens with one attached hydrogen (secondary N) is 1. The van der Waals surface area contributed by atoms with Crippen LogP contribution in [0.15, 0.2) is 29.2 Å². The number of benzene rings is 1. The van der Waals surface area contributed by atoms with Gasteiger partial charge in [-0.05, 0) is 31.4 Å². The van der Waals surface area contributed by atoms with E-state index in [9.17, 15) is 0 Å². The van der Waals surface area contributed by atoms with Gasteiger partial charge in [-0.2, -0.15) is 5.26 Å². The lowest BCUT2D eigenvalue weighted by Gasteiger charge is -2.12. The molecule has 1 rings (SSSR count). The molecule has 14 heavy (non-hydrogen) atoms. The molecule has 0 spiro atoms. The van der Waals surface area contributed by atoms with Crippen molar-refractivity contribution in [3.63, 3.8) is 0 Å². The molecular formula is C11H14N2S. The Morgan fingerprint density at radius 1 is 1.57 bits per heavy atom. The molecule has 1 atom stereocenters. The third-order valence-corrected chi connectivity index (χ3v) is 2.61. The van der Waals surface area contributed by atoms with E-state index in [2.05, 4.69) is 29.8 Å². The number of hydrogen-bond donors (Lipinski definition) is 1. The summed E-state index contributed by atoms with van der Waals surface area (Å²) in [5.74, 6) is 0. The smallest absolute Gasteiger partial charge is 0.0643 e. The minimum Gasteiger partial charge on any atom is -0.382 e. The van der Waals surface area contributed by atoms with E-state index in [1.165, 1.54) is 4.90 Å². The normalized spacial score (nSPS) is 11.8. The lowest BCUT2D eigenvalue weighted by atomic mass is 10.2. The predicted molar refractivity (Wildman–Crippen MR) is 61.5 cm³/mol. The van der Waals surface area contributed by atoms with Crippen molar-refractivity contribution in [2.45, 2.75) is 24.3 Å². The summed E-state index contributed by atoms with van der Waals surface area (Å²) < 4.78 is 0. The molecule has 2 nitrogen and oxygen atoms in total. The summed E-state index contributed by atoms with van der Waals surface area (Å²) in [5.41, 5.74) is 1.08. The first-order valence-corrected chi connectivity index (χ1v) is 5.76. The predicted octanol–water partition coefficient (Wildman–Crippen LogP) is 3.12. The Labute approximate surface area is 89.3 Å². The number of nitriles is 1. The van der Waals surface area contributed by atoms with Gasteiger partial charge >= 0.3 is 0 Å². The maximum Gasteiger partial charge on any atom is 0.0643 e. The van der Waals surface area contributed by atoms with E-state index >= 15 is 0 Å². The number of hydrogen-bond acceptors (Lipinski definition) is 3. The van der Waals surface area contributed by atoms with Crippen LogP contribution in [0.1, 0.15) is 13.3 Å². The Balaban J connectivity index is 2.63. The van der Waals surface area contributed by atoms with E-state index in [-0.39, 0.29) is 6.04 Å².